The number of rotatable bonds is 7. The standard InChI is InChI=1S/C21H28N8O5/c1-11-7-14(27(2)10-31)26-29(11)21-24-18(23-12-5-3-4-6-12)15-19(25-21)28(9-22-15)20-17(33)16(32)13(8-30)34-20/h7,9-10,12-13,16-17,20,30,32-33H,3-6,8H2,1-2H3,(H,23,24,25)/t13-,16-,17-,20-/m1/s1. The van der Waals surface area contributed by atoms with Crippen LogP contribution >= 0.6 is 0 Å². The van der Waals surface area contributed by atoms with Gasteiger partial charge in [-0.1, -0.05) is 12.8 Å². The van der Waals surface area contributed by atoms with E-state index in [1.807, 2.05) is 6.92 Å². The number of carbonyl (C=O) groups excluding carboxylic acids is 1. The van der Waals surface area contributed by atoms with Gasteiger partial charge in [0.15, 0.2) is 29.0 Å². The summed E-state index contributed by atoms with van der Waals surface area (Å²) >= 11 is 0. The third-order valence-electron chi connectivity index (χ3n) is 6.48. The number of aromatic nitrogens is 6. The monoisotopic (exact) mass is 472 g/mol. The molecular formula is C21H28N8O5. The predicted octanol–water partition coefficient (Wildman–Crippen LogP) is -0.121. The zero-order valence-corrected chi connectivity index (χ0v) is 18.9. The van der Waals surface area contributed by atoms with E-state index in [2.05, 4.69) is 20.4 Å². The number of hydrogen-bond acceptors (Lipinski definition) is 10. The number of aliphatic hydroxyl groups excluding tert-OH is 3. The number of aliphatic hydroxyl groups is 3. The van der Waals surface area contributed by atoms with E-state index >= 15 is 0 Å². The quantitative estimate of drug-likeness (QED) is 0.341. The van der Waals surface area contributed by atoms with Gasteiger partial charge in [0, 0.05) is 24.8 Å². The van der Waals surface area contributed by atoms with Crippen LogP contribution in [0.15, 0.2) is 12.4 Å². The second kappa shape index (κ2) is 8.91. The highest BCUT2D eigenvalue weighted by molar-refractivity contribution is 5.84. The maximum Gasteiger partial charge on any atom is 0.254 e. The highest BCUT2D eigenvalue weighted by atomic mass is 16.6. The maximum atomic E-state index is 11.2. The van der Waals surface area contributed by atoms with Crippen LogP contribution < -0.4 is 10.2 Å². The maximum absolute atomic E-state index is 11.2. The number of aryl methyl sites for hydroxylation is 1. The van der Waals surface area contributed by atoms with Crippen LogP contribution in [0.5, 0.6) is 0 Å². The molecule has 1 amide bonds. The van der Waals surface area contributed by atoms with Gasteiger partial charge < -0.3 is 30.3 Å². The topological polar surface area (TPSA) is 164 Å². The van der Waals surface area contributed by atoms with Crippen LogP contribution in [-0.2, 0) is 9.53 Å². The molecule has 1 saturated heterocycles. The molecule has 0 spiro atoms. The fraction of sp³-hybridized carbons (Fsp3) is 0.571. The van der Waals surface area contributed by atoms with E-state index in [9.17, 15) is 20.1 Å². The molecule has 34 heavy (non-hydrogen) atoms. The van der Waals surface area contributed by atoms with Crippen molar-refractivity contribution in [3.63, 3.8) is 0 Å². The summed E-state index contributed by atoms with van der Waals surface area (Å²) in [6.07, 6.45) is 2.00. The molecule has 1 aliphatic heterocycles. The molecule has 13 nitrogen and oxygen atoms in total. The summed E-state index contributed by atoms with van der Waals surface area (Å²) in [4.78, 5) is 26.4. The Hall–Kier alpha value is -3.13. The fourth-order valence-corrected chi connectivity index (χ4v) is 4.55. The molecule has 3 aromatic heterocycles. The molecule has 1 aliphatic carbocycles. The van der Waals surface area contributed by atoms with Gasteiger partial charge in [-0.2, -0.15) is 9.97 Å². The van der Waals surface area contributed by atoms with E-state index in [0.29, 0.717) is 34.9 Å². The molecule has 0 unspecified atom stereocenters. The van der Waals surface area contributed by atoms with Gasteiger partial charge in [0.25, 0.3) is 5.95 Å². The third-order valence-corrected chi connectivity index (χ3v) is 6.48. The van der Waals surface area contributed by atoms with Gasteiger partial charge in [0.05, 0.1) is 12.9 Å². The van der Waals surface area contributed by atoms with Crippen LogP contribution in [-0.4, -0.2) is 89.0 Å². The van der Waals surface area contributed by atoms with E-state index in [1.165, 1.54) is 20.5 Å². The summed E-state index contributed by atoms with van der Waals surface area (Å²) in [5.74, 6) is 1.22. The molecule has 182 valence electrons. The van der Waals surface area contributed by atoms with Crippen molar-refractivity contribution >= 4 is 29.2 Å². The molecule has 13 heteroatoms. The lowest BCUT2D eigenvalue weighted by atomic mass is 10.1. The Morgan fingerprint density at radius 3 is 2.71 bits per heavy atom. The smallest absolute Gasteiger partial charge is 0.254 e. The first-order valence-corrected chi connectivity index (χ1v) is 11.3. The van der Waals surface area contributed by atoms with Crippen molar-refractivity contribution in [1.82, 2.24) is 29.3 Å². The highest BCUT2D eigenvalue weighted by Crippen LogP contribution is 2.33. The van der Waals surface area contributed by atoms with Crippen LogP contribution in [0.25, 0.3) is 17.1 Å². The first-order chi connectivity index (χ1) is 16.4. The van der Waals surface area contributed by atoms with Crippen LogP contribution in [0, 0.1) is 6.92 Å². The molecule has 4 heterocycles. The van der Waals surface area contributed by atoms with Crippen LogP contribution in [0.1, 0.15) is 37.6 Å². The predicted molar refractivity (Wildman–Crippen MR) is 121 cm³/mol. The van der Waals surface area contributed by atoms with Gasteiger partial charge in [0.2, 0.25) is 6.41 Å². The molecule has 4 N–H and O–H groups in total. The number of nitrogens with zero attached hydrogens (tertiary/aromatic N) is 7. The van der Waals surface area contributed by atoms with Gasteiger partial charge in [-0.25, -0.2) is 9.67 Å². The van der Waals surface area contributed by atoms with Gasteiger partial charge in [0.1, 0.15) is 18.3 Å². The summed E-state index contributed by atoms with van der Waals surface area (Å²) in [5, 5.41) is 38.2. The molecule has 5 rings (SSSR count). The Balaban J connectivity index is 1.62. The Kier molecular flexibility index (Phi) is 5.93. The fourth-order valence-electron chi connectivity index (χ4n) is 4.55. The first kappa shape index (κ1) is 22.7. The Bertz CT molecular complexity index is 1190. The lowest BCUT2D eigenvalue weighted by Gasteiger charge is -2.18. The van der Waals surface area contributed by atoms with E-state index in [0.717, 1.165) is 25.7 Å². The number of carbonyl (C=O) groups is 1. The van der Waals surface area contributed by atoms with Crippen LogP contribution in [0.3, 0.4) is 0 Å². The van der Waals surface area contributed by atoms with Gasteiger partial charge in [-0.15, -0.1) is 5.10 Å². The number of hydrogen-bond donors (Lipinski definition) is 4. The van der Waals surface area contributed by atoms with Crippen molar-refractivity contribution < 1.29 is 24.9 Å². The SMILES string of the molecule is Cc1cc(N(C)C=O)nn1-c1nc(NC2CCCC2)c2ncn([C@@H]3O[C@H](CO)[C@@H](O)[C@H]3O)c2n1. The van der Waals surface area contributed by atoms with Crippen molar-refractivity contribution in [3.8, 4) is 5.95 Å². The average Bonchev–Trinajstić information content (AvgIpc) is 3.62. The number of nitrogens with one attached hydrogen (secondary N) is 1. The second-order valence-corrected chi connectivity index (χ2v) is 8.82. The molecular weight excluding hydrogens is 444 g/mol. The largest absolute Gasteiger partial charge is 0.394 e. The van der Waals surface area contributed by atoms with E-state index in [1.54, 1.807) is 13.1 Å². The number of amides is 1. The Morgan fingerprint density at radius 2 is 2.03 bits per heavy atom. The van der Waals surface area contributed by atoms with Crippen molar-refractivity contribution in [2.24, 2.45) is 0 Å². The first-order valence-electron chi connectivity index (χ1n) is 11.3. The molecule has 0 bridgehead atoms. The van der Waals surface area contributed by atoms with E-state index in [-0.39, 0.29) is 12.0 Å². The summed E-state index contributed by atoms with van der Waals surface area (Å²) in [5.41, 5.74) is 1.58. The molecule has 2 fully saturated rings. The van der Waals surface area contributed by atoms with Crippen molar-refractivity contribution in [2.75, 3.05) is 23.9 Å². The highest BCUT2D eigenvalue weighted by Gasteiger charge is 2.44. The minimum Gasteiger partial charge on any atom is -0.394 e. The van der Waals surface area contributed by atoms with Gasteiger partial charge in [-0.05, 0) is 19.8 Å². The van der Waals surface area contributed by atoms with Crippen LogP contribution in [0.4, 0.5) is 11.6 Å². The van der Waals surface area contributed by atoms with Gasteiger partial charge in [-0.3, -0.25) is 9.36 Å². The third kappa shape index (κ3) is 3.79. The normalized spacial score (nSPS) is 25.3. The zero-order valence-electron chi connectivity index (χ0n) is 18.9. The number of imidazole rings is 1. The van der Waals surface area contributed by atoms with Crippen LogP contribution in [0.2, 0.25) is 0 Å². The summed E-state index contributed by atoms with van der Waals surface area (Å²) < 4.78 is 8.76. The van der Waals surface area contributed by atoms with E-state index < -0.39 is 31.1 Å². The van der Waals surface area contributed by atoms with Crippen molar-refractivity contribution in [2.45, 2.75) is 63.2 Å². The Morgan fingerprint density at radius 1 is 1.26 bits per heavy atom. The molecule has 4 atom stereocenters. The minimum absolute atomic E-state index is 0.250. The molecule has 1 saturated carbocycles. The lowest BCUT2D eigenvalue weighted by Crippen LogP contribution is -2.33. The van der Waals surface area contributed by atoms with Gasteiger partial charge >= 0.3 is 0 Å². The van der Waals surface area contributed by atoms with Crippen molar-refractivity contribution in [3.05, 3.63) is 18.1 Å². The number of anilines is 2. The number of ether oxygens (including phenoxy) is 1. The summed E-state index contributed by atoms with van der Waals surface area (Å²) in [7, 11) is 1.60. The lowest BCUT2D eigenvalue weighted by molar-refractivity contribution is -0.107. The Labute approximate surface area is 195 Å². The average molecular weight is 473 g/mol. The second-order valence-electron chi connectivity index (χ2n) is 8.82. The molecule has 0 radical (unpaired) electrons. The molecule has 0 aromatic carbocycles. The molecule has 3 aromatic rings. The minimum atomic E-state index is -1.28. The van der Waals surface area contributed by atoms with Crippen molar-refractivity contribution in [1.29, 1.82) is 0 Å². The summed E-state index contributed by atoms with van der Waals surface area (Å²) in [6, 6.07) is 2.00. The number of fused-ring (bicyclic) bond motifs is 1. The summed E-state index contributed by atoms with van der Waals surface area (Å²) in [6.45, 7) is 1.39. The van der Waals surface area contributed by atoms with E-state index in [4.69, 9.17) is 9.72 Å². The molecule has 2 aliphatic rings. The zero-order chi connectivity index (χ0) is 24.0.